The highest BCUT2D eigenvalue weighted by molar-refractivity contribution is 5.68. The van der Waals surface area contributed by atoms with E-state index in [0.717, 1.165) is 13.0 Å². The molecule has 0 aromatic heterocycles. The standard InChI is InChI=1S/C11H22N2O2/c1-8-5-9(12)7-13(6-8)10(14)15-11(2,3)4/h8-9H,5-7,12H2,1-4H3/t8-,9+/m0/s1. The first kappa shape index (κ1) is 12.3. The number of nitrogens with two attached hydrogens (primary N) is 1. The Labute approximate surface area is 91.8 Å². The van der Waals surface area contributed by atoms with Gasteiger partial charge in [-0.2, -0.15) is 0 Å². The van der Waals surface area contributed by atoms with Crippen LogP contribution in [0.25, 0.3) is 0 Å². The van der Waals surface area contributed by atoms with Gasteiger partial charge in [-0.1, -0.05) is 6.92 Å². The summed E-state index contributed by atoms with van der Waals surface area (Å²) in [5.41, 5.74) is 5.44. The molecule has 0 saturated carbocycles. The summed E-state index contributed by atoms with van der Waals surface area (Å²) in [5, 5.41) is 0. The molecule has 1 heterocycles. The Kier molecular flexibility index (Phi) is 3.60. The lowest BCUT2D eigenvalue weighted by Crippen LogP contribution is -2.50. The Balaban J connectivity index is 2.52. The van der Waals surface area contributed by atoms with E-state index in [-0.39, 0.29) is 12.1 Å². The summed E-state index contributed by atoms with van der Waals surface area (Å²) in [6.45, 7) is 9.09. The second kappa shape index (κ2) is 4.39. The van der Waals surface area contributed by atoms with Crippen LogP contribution in [0.5, 0.6) is 0 Å². The molecule has 2 atom stereocenters. The number of rotatable bonds is 0. The number of carbonyl (C=O) groups excluding carboxylic acids is 1. The highest BCUT2D eigenvalue weighted by Crippen LogP contribution is 2.18. The molecule has 1 rings (SSSR count). The summed E-state index contributed by atoms with van der Waals surface area (Å²) in [6, 6.07) is 0.0845. The average Bonchev–Trinajstić information content (AvgIpc) is 1.98. The molecule has 1 aliphatic heterocycles. The first-order chi connectivity index (χ1) is 6.78. The number of hydrogen-bond donors (Lipinski definition) is 1. The Morgan fingerprint density at radius 1 is 1.40 bits per heavy atom. The van der Waals surface area contributed by atoms with Gasteiger partial charge in [0.05, 0.1) is 0 Å². The summed E-state index contributed by atoms with van der Waals surface area (Å²) < 4.78 is 5.31. The SMILES string of the molecule is C[C@H]1C[C@@H](N)CN(C(=O)OC(C)(C)C)C1. The molecular weight excluding hydrogens is 192 g/mol. The minimum Gasteiger partial charge on any atom is -0.444 e. The monoisotopic (exact) mass is 214 g/mol. The van der Waals surface area contributed by atoms with Gasteiger partial charge in [0.25, 0.3) is 0 Å². The second-order valence-corrected chi connectivity index (χ2v) is 5.49. The van der Waals surface area contributed by atoms with E-state index in [1.165, 1.54) is 0 Å². The number of amides is 1. The minimum absolute atomic E-state index is 0.0845. The van der Waals surface area contributed by atoms with Gasteiger partial charge < -0.3 is 15.4 Å². The maximum Gasteiger partial charge on any atom is 0.410 e. The first-order valence-corrected chi connectivity index (χ1v) is 5.51. The zero-order chi connectivity index (χ0) is 11.6. The van der Waals surface area contributed by atoms with Gasteiger partial charge in [0.1, 0.15) is 5.60 Å². The van der Waals surface area contributed by atoms with Crippen LogP contribution in [-0.4, -0.2) is 35.7 Å². The molecule has 0 aromatic rings. The molecule has 0 aliphatic carbocycles. The van der Waals surface area contributed by atoms with E-state index in [1.807, 2.05) is 20.8 Å². The van der Waals surface area contributed by atoms with Crippen LogP contribution in [0.4, 0.5) is 4.79 Å². The molecule has 0 unspecified atom stereocenters. The average molecular weight is 214 g/mol. The van der Waals surface area contributed by atoms with Crippen LogP contribution in [0, 0.1) is 5.92 Å². The highest BCUT2D eigenvalue weighted by atomic mass is 16.6. The lowest BCUT2D eigenvalue weighted by Gasteiger charge is -2.35. The van der Waals surface area contributed by atoms with Crippen LogP contribution in [0.15, 0.2) is 0 Å². The van der Waals surface area contributed by atoms with Crippen LogP contribution in [-0.2, 0) is 4.74 Å². The van der Waals surface area contributed by atoms with E-state index < -0.39 is 5.60 Å². The molecule has 0 bridgehead atoms. The first-order valence-electron chi connectivity index (χ1n) is 5.51. The van der Waals surface area contributed by atoms with Crippen LogP contribution < -0.4 is 5.73 Å². The van der Waals surface area contributed by atoms with E-state index >= 15 is 0 Å². The van der Waals surface area contributed by atoms with Gasteiger partial charge in [0, 0.05) is 19.1 Å². The molecule has 88 valence electrons. The van der Waals surface area contributed by atoms with E-state index in [9.17, 15) is 4.79 Å². The Bertz CT molecular complexity index is 225. The Hall–Kier alpha value is -0.770. The van der Waals surface area contributed by atoms with Gasteiger partial charge in [-0.05, 0) is 33.1 Å². The minimum atomic E-state index is -0.429. The summed E-state index contributed by atoms with van der Waals surface area (Å²) >= 11 is 0. The molecule has 0 spiro atoms. The molecule has 15 heavy (non-hydrogen) atoms. The highest BCUT2D eigenvalue weighted by Gasteiger charge is 2.28. The molecule has 2 N–H and O–H groups in total. The number of hydrogen-bond acceptors (Lipinski definition) is 3. The molecule has 1 aliphatic rings. The van der Waals surface area contributed by atoms with Crippen molar-refractivity contribution in [1.29, 1.82) is 0 Å². The number of likely N-dealkylation sites (tertiary alicyclic amines) is 1. The summed E-state index contributed by atoms with van der Waals surface area (Å²) in [5.74, 6) is 0.460. The molecular formula is C11H22N2O2. The lowest BCUT2D eigenvalue weighted by atomic mass is 9.97. The number of nitrogens with zero attached hydrogens (tertiary/aromatic N) is 1. The normalized spacial score (nSPS) is 27.7. The molecule has 0 radical (unpaired) electrons. The molecule has 1 saturated heterocycles. The van der Waals surface area contributed by atoms with Crippen molar-refractivity contribution in [2.75, 3.05) is 13.1 Å². The summed E-state index contributed by atoms with van der Waals surface area (Å²) in [6.07, 6.45) is 0.740. The van der Waals surface area contributed by atoms with E-state index in [0.29, 0.717) is 12.5 Å². The lowest BCUT2D eigenvalue weighted by molar-refractivity contribution is 0.0154. The van der Waals surface area contributed by atoms with Crippen molar-refractivity contribution < 1.29 is 9.53 Å². The zero-order valence-electron chi connectivity index (χ0n) is 10.1. The number of piperidine rings is 1. The smallest absolute Gasteiger partial charge is 0.410 e. The summed E-state index contributed by atoms with van der Waals surface area (Å²) in [7, 11) is 0. The molecule has 4 heteroatoms. The largest absolute Gasteiger partial charge is 0.444 e. The fourth-order valence-electron chi connectivity index (χ4n) is 1.88. The van der Waals surface area contributed by atoms with Crippen molar-refractivity contribution in [3.8, 4) is 0 Å². The van der Waals surface area contributed by atoms with Crippen LogP contribution in [0.3, 0.4) is 0 Å². The number of ether oxygens (including phenoxy) is 1. The van der Waals surface area contributed by atoms with Gasteiger partial charge in [-0.15, -0.1) is 0 Å². The van der Waals surface area contributed by atoms with Crippen LogP contribution in [0.1, 0.15) is 34.1 Å². The molecule has 1 amide bonds. The van der Waals surface area contributed by atoms with Gasteiger partial charge in [0.2, 0.25) is 0 Å². The van der Waals surface area contributed by atoms with Crippen molar-refractivity contribution in [2.24, 2.45) is 11.7 Å². The van der Waals surface area contributed by atoms with E-state index in [1.54, 1.807) is 4.90 Å². The Morgan fingerprint density at radius 2 is 2.00 bits per heavy atom. The third kappa shape index (κ3) is 4.08. The van der Waals surface area contributed by atoms with Crippen molar-refractivity contribution >= 4 is 6.09 Å². The predicted molar refractivity (Wildman–Crippen MR) is 59.6 cm³/mol. The molecule has 0 aromatic carbocycles. The van der Waals surface area contributed by atoms with Crippen LogP contribution >= 0.6 is 0 Å². The van der Waals surface area contributed by atoms with Gasteiger partial charge in [0.15, 0.2) is 0 Å². The van der Waals surface area contributed by atoms with Gasteiger partial charge >= 0.3 is 6.09 Å². The maximum atomic E-state index is 11.8. The quantitative estimate of drug-likeness (QED) is 0.666. The maximum absolute atomic E-state index is 11.8. The van der Waals surface area contributed by atoms with Gasteiger partial charge in [-0.25, -0.2) is 4.79 Å². The third-order valence-corrected chi connectivity index (χ3v) is 2.34. The second-order valence-electron chi connectivity index (χ2n) is 5.49. The molecule has 1 fully saturated rings. The zero-order valence-corrected chi connectivity index (χ0v) is 10.1. The fourth-order valence-corrected chi connectivity index (χ4v) is 1.88. The van der Waals surface area contributed by atoms with Gasteiger partial charge in [-0.3, -0.25) is 0 Å². The van der Waals surface area contributed by atoms with Crippen molar-refractivity contribution in [3.63, 3.8) is 0 Å². The van der Waals surface area contributed by atoms with Crippen molar-refractivity contribution in [3.05, 3.63) is 0 Å². The van der Waals surface area contributed by atoms with Crippen molar-refractivity contribution in [2.45, 2.75) is 45.8 Å². The van der Waals surface area contributed by atoms with Crippen molar-refractivity contribution in [1.82, 2.24) is 4.90 Å². The Morgan fingerprint density at radius 3 is 2.47 bits per heavy atom. The number of carbonyl (C=O) groups is 1. The predicted octanol–water partition coefficient (Wildman–Crippen LogP) is 1.59. The third-order valence-electron chi connectivity index (χ3n) is 2.34. The fraction of sp³-hybridized carbons (Fsp3) is 0.909. The summed E-state index contributed by atoms with van der Waals surface area (Å²) in [4.78, 5) is 13.5. The molecule has 4 nitrogen and oxygen atoms in total. The van der Waals surface area contributed by atoms with E-state index in [2.05, 4.69) is 6.92 Å². The van der Waals surface area contributed by atoms with E-state index in [4.69, 9.17) is 10.5 Å². The topological polar surface area (TPSA) is 55.6 Å². The van der Waals surface area contributed by atoms with Crippen LogP contribution in [0.2, 0.25) is 0 Å².